The molecule has 3 aromatic heterocycles. The zero-order valence-electron chi connectivity index (χ0n) is 22.3. The van der Waals surface area contributed by atoms with Gasteiger partial charge in [-0.15, -0.1) is 0 Å². The molecule has 5 heterocycles. The van der Waals surface area contributed by atoms with Crippen molar-refractivity contribution in [3.05, 3.63) is 66.1 Å². The maximum atomic E-state index is 13.4. The number of nitrogens with two attached hydrogens (primary N) is 1. The number of nitrogens with one attached hydrogen (secondary N) is 1. The summed E-state index contributed by atoms with van der Waals surface area (Å²) < 4.78 is 34.3. The fraction of sp³-hybridized carbons (Fsp3) is 0.414. The minimum Gasteiger partial charge on any atom is -0.493 e. The van der Waals surface area contributed by atoms with Crippen LogP contribution >= 0.6 is 0 Å². The number of piperidine rings is 2. The molecule has 1 amide bonds. The molecule has 4 aromatic rings. The number of H-pyrrole nitrogens is 1. The molecule has 2 aliphatic rings. The number of primary amides is 1. The third-order valence-corrected chi connectivity index (χ3v) is 10.0. The number of benzene rings is 1. The number of hydrogen-bond acceptors (Lipinski definition) is 7. The second-order valence-corrected chi connectivity index (χ2v) is 12.8. The normalized spacial score (nSPS) is 19.8. The summed E-state index contributed by atoms with van der Waals surface area (Å²) in [4.78, 5) is 25.5. The van der Waals surface area contributed by atoms with E-state index in [0.29, 0.717) is 36.9 Å². The van der Waals surface area contributed by atoms with Crippen molar-refractivity contribution < 1.29 is 17.9 Å². The van der Waals surface area contributed by atoms with E-state index in [4.69, 9.17) is 10.5 Å². The summed E-state index contributed by atoms with van der Waals surface area (Å²) in [5.74, 6) is 0.677. The zero-order chi connectivity index (χ0) is 27.7. The average molecular weight is 563 g/mol. The number of carbonyl (C=O) groups is 1. The molecule has 0 saturated carbocycles. The molecule has 11 heteroatoms. The van der Waals surface area contributed by atoms with Gasteiger partial charge in [-0.1, -0.05) is 0 Å². The highest BCUT2D eigenvalue weighted by Crippen LogP contribution is 2.35. The quantitative estimate of drug-likeness (QED) is 0.336. The maximum Gasteiger partial charge on any atom is 0.248 e. The fourth-order valence-corrected chi connectivity index (χ4v) is 7.78. The highest BCUT2D eigenvalue weighted by Gasteiger charge is 2.32. The fourth-order valence-electron chi connectivity index (χ4n) is 6.06. The molecule has 1 unspecified atom stereocenters. The van der Waals surface area contributed by atoms with Crippen LogP contribution in [0.4, 0.5) is 0 Å². The van der Waals surface area contributed by atoms with E-state index >= 15 is 0 Å². The van der Waals surface area contributed by atoms with Crippen LogP contribution < -0.4 is 10.5 Å². The van der Waals surface area contributed by atoms with Crippen molar-refractivity contribution in [3.63, 3.8) is 0 Å². The Kier molecular flexibility index (Phi) is 7.43. The van der Waals surface area contributed by atoms with E-state index in [2.05, 4.69) is 25.9 Å². The second kappa shape index (κ2) is 11.1. The van der Waals surface area contributed by atoms with Gasteiger partial charge < -0.3 is 15.5 Å². The maximum absolute atomic E-state index is 13.4. The molecule has 0 radical (unpaired) electrons. The molecule has 3 N–H and O–H groups in total. The lowest BCUT2D eigenvalue weighted by Gasteiger charge is -2.36. The highest BCUT2D eigenvalue weighted by molar-refractivity contribution is 7.89. The second-order valence-electron chi connectivity index (χ2n) is 10.9. The van der Waals surface area contributed by atoms with Crippen LogP contribution in [0.5, 0.6) is 5.75 Å². The van der Waals surface area contributed by atoms with Crippen LogP contribution in [-0.2, 0) is 10.0 Å². The molecule has 0 bridgehead atoms. The van der Waals surface area contributed by atoms with E-state index in [-0.39, 0.29) is 11.8 Å². The Morgan fingerprint density at radius 2 is 1.85 bits per heavy atom. The minimum atomic E-state index is -3.42. The Morgan fingerprint density at radius 1 is 1.05 bits per heavy atom. The van der Waals surface area contributed by atoms with Gasteiger partial charge in [0.2, 0.25) is 15.9 Å². The average Bonchev–Trinajstić information content (AvgIpc) is 3.46. The minimum absolute atomic E-state index is 0.0477. The Bertz CT molecular complexity index is 1610. The molecule has 0 spiro atoms. The summed E-state index contributed by atoms with van der Waals surface area (Å²) in [5, 5.41) is 2.22. The number of likely N-dealkylation sites (tertiary alicyclic amines) is 1. The van der Waals surface area contributed by atoms with E-state index in [1.807, 2.05) is 18.5 Å². The number of aromatic nitrogens is 3. The summed E-state index contributed by atoms with van der Waals surface area (Å²) in [6.07, 6.45) is 9.13. The number of aromatic amines is 1. The molecule has 40 heavy (non-hydrogen) atoms. The zero-order valence-corrected chi connectivity index (χ0v) is 23.1. The number of carbonyl (C=O) groups excluding carboxylic acids is 1. The van der Waals surface area contributed by atoms with Gasteiger partial charge in [-0.3, -0.25) is 9.69 Å². The summed E-state index contributed by atoms with van der Waals surface area (Å²) in [6.45, 7) is 2.91. The van der Waals surface area contributed by atoms with Crippen molar-refractivity contribution in [2.75, 3.05) is 38.7 Å². The van der Waals surface area contributed by atoms with Crippen LogP contribution in [0.3, 0.4) is 0 Å². The number of rotatable bonds is 8. The molecule has 2 fully saturated rings. The molecule has 10 nitrogen and oxygen atoms in total. The number of amides is 1. The van der Waals surface area contributed by atoms with Crippen LogP contribution in [0, 0.1) is 5.92 Å². The van der Waals surface area contributed by atoms with Crippen molar-refractivity contribution in [2.45, 2.75) is 31.6 Å². The van der Waals surface area contributed by atoms with Crippen molar-refractivity contribution >= 4 is 37.9 Å². The Labute approximate surface area is 233 Å². The third kappa shape index (κ3) is 5.54. The molecule has 1 aromatic carbocycles. The summed E-state index contributed by atoms with van der Waals surface area (Å²) in [5.41, 5.74) is 8.75. The molecule has 2 aliphatic heterocycles. The number of sulfonamides is 1. The molecule has 0 aliphatic carbocycles. The van der Waals surface area contributed by atoms with Crippen LogP contribution in [0.1, 0.15) is 47.5 Å². The van der Waals surface area contributed by atoms with Gasteiger partial charge in [-0.25, -0.2) is 22.7 Å². The van der Waals surface area contributed by atoms with Gasteiger partial charge in [-0.2, -0.15) is 0 Å². The predicted molar refractivity (Wildman–Crippen MR) is 153 cm³/mol. The lowest BCUT2D eigenvalue weighted by molar-refractivity contribution is 0.1000. The molecule has 210 valence electrons. The van der Waals surface area contributed by atoms with Gasteiger partial charge >= 0.3 is 0 Å². The molecular weight excluding hydrogens is 528 g/mol. The number of pyridine rings is 2. The first-order valence-electron chi connectivity index (χ1n) is 13.8. The SMILES string of the molecule is NC(=O)c1ccc(OCC2CCCN(S(=O)(=O)CN3CCC(c4cc[nH]c5cnc6nccc6c45)CC3)C2)cc1. The van der Waals surface area contributed by atoms with Gasteiger partial charge in [0.1, 0.15) is 11.6 Å². The molecule has 1 atom stereocenters. The largest absolute Gasteiger partial charge is 0.493 e. The number of hydrogen-bond donors (Lipinski definition) is 2. The van der Waals surface area contributed by atoms with Crippen molar-refractivity contribution in [2.24, 2.45) is 11.7 Å². The van der Waals surface area contributed by atoms with Gasteiger partial charge in [-0.05, 0) is 86.7 Å². The first kappa shape index (κ1) is 26.7. The van der Waals surface area contributed by atoms with Gasteiger partial charge in [0.25, 0.3) is 0 Å². The first-order valence-corrected chi connectivity index (χ1v) is 15.4. The smallest absolute Gasteiger partial charge is 0.248 e. The van der Waals surface area contributed by atoms with Gasteiger partial charge in [0.05, 0.1) is 18.3 Å². The van der Waals surface area contributed by atoms with Crippen LogP contribution in [-0.4, -0.2) is 77.1 Å². The number of ether oxygens (including phenoxy) is 1. The van der Waals surface area contributed by atoms with Gasteiger partial charge in [0, 0.05) is 47.7 Å². The Hall–Kier alpha value is -3.54. The Balaban J connectivity index is 1.05. The van der Waals surface area contributed by atoms with Crippen molar-refractivity contribution in [3.8, 4) is 5.75 Å². The Morgan fingerprint density at radius 3 is 2.62 bits per heavy atom. The van der Waals surface area contributed by atoms with Crippen molar-refractivity contribution in [1.82, 2.24) is 24.2 Å². The first-order chi connectivity index (χ1) is 19.4. The number of nitrogens with zero attached hydrogens (tertiary/aromatic N) is 4. The van der Waals surface area contributed by atoms with E-state index in [9.17, 15) is 13.2 Å². The van der Waals surface area contributed by atoms with Crippen LogP contribution in [0.15, 0.2) is 55.0 Å². The van der Waals surface area contributed by atoms with E-state index in [1.54, 1.807) is 34.8 Å². The topological polar surface area (TPSA) is 135 Å². The monoisotopic (exact) mass is 562 g/mol. The molecule has 2 saturated heterocycles. The van der Waals surface area contributed by atoms with E-state index < -0.39 is 15.9 Å². The standard InChI is InChI=1S/C29H34N6O4S/c30-28(36)22-3-5-23(6-4-22)39-18-20-2-1-13-35(17-20)40(37,38)19-34-14-9-21(10-15-34)24-7-11-31-26-16-33-29-25(27(24)26)8-12-32-29/h3-8,11-12,16,20-21,31H,1-2,9-10,13-15,17-19H2,(H2,30,36). The lowest BCUT2D eigenvalue weighted by atomic mass is 9.87. The van der Waals surface area contributed by atoms with Crippen molar-refractivity contribution in [1.29, 1.82) is 0 Å². The summed E-state index contributed by atoms with van der Waals surface area (Å²) in [6, 6.07) is 10.9. The molecule has 6 rings (SSSR count). The van der Waals surface area contributed by atoms with E-state index in [1.165, 1.54) is 10.9 Å². The number of fused-ring (bicyclic) bond motifs is 3. The van der Waals surface area contributed by atoms with Crippen LogP contribution in [0.2, 0.25) is 0 Å². The summed E-state index contributed by atoms with van der Waals surface area (Å²) in [7, 11) is -3.42. The molecular formula is C29H34N6O4S. The predicted octanol–water partition coefficient (Wildman–Crippen LogP) is 3.47. The van der Waals surface area contributed by atoms with Gasteiger partial charge in [0.15, 0.2) is 5.65 Å². The van der Waals surface area contributed by atoms with Crippen LogP contribution in [0.25, 0.3) is 21.9 Å². The summed E-state index contributed by atoms with van der Waals surface area (Å²) >= 11 is 0. The highest BCUT2D eigenvalue weighted by atomic mass is 32.2. The third-order valence-electron chi connectivity index (χ3n) is 8.20. The van der Waals surface area contributed by atoms with E-state index in [0.717, 1.165) is 55.3 Å². The lowest BCUT2D eigenvalue weighted by Crippen LogP contribution is -2.47.